The van der Waals surface area contributed by atoms with Gasteiger partial charge in [0, 0.05) is 18.0 Å². The van der Waals surface area contributed by atoms with E-state index in [0.717, 1.165) is 11.3 Å². The number of hydrogen-bond donors (Lipinski definition) is 0. The van der Waals surface area contributed by atoms with Crippen LogP contribution in [0.3, 0.4) is 0 Å². The number of rotatable bonds is 1. The Morgan fingerprint density at radius 1 is 1.06 bits per heavy atom. The number of halogens is 1. The van der Waals surface area contributed by atoms with Crippen LogP contribution in [-0.2, 0) is 0 Å². The van der Waals surface area contributed by atoms with Gasteiger partial charge in [-0.15, -0.1) is 0 Å². The van der Waals surface area contributed by atoms with Crippen molar-refractivity contribution in [1.29, 1.82) is 0 Å². The fourth-order valence-electron chi connectivity index (χ4n) is 2.17. The summed E-state index contributed by atoms with van der Waals surface area (Å²) in [6.45, 7) is 4.24. The van der Waals surface area contributed by atoms with Gasteiger partial charge in [0.25, 0.3) is 0 Å². The normalized spacial score (nSPS) is 10.3. The number of pyridine rings is 1. The van der Waals surface area contributed by atoms with Gasteiger partial charge in [0.2, 0.25) is 0 Å². The van der Waals surface area contributed by atoms with E-state index in [9.17, 15) is 0 Å². The van der Waals surface area contributed by atoms with Crippen LogP contribution < -0.4 is 24.0 Å². The number of benzene rings is 1. The summed E-state index contributed by atoms with van der Waals surface area (Å²) in [5, 5.41) is 0. The second-order valence-corrected chi connectivity index (χ2v) is 4.41. The van der Waals surface area contributed by atoms with Gasteiger partial charge in [0.15, 0.2) is 0 Å². The summed E-state index contributed by atoms with van der Waals surface area (Å²) >= 11 is 0. The van der Waals surface area contributed by atoms with Crippen LogP contribution in [-0.4, -0.2) is 9.38 Å². The summed E-state index contributed by atoms with van der Waals surface area (Å²) < 4.78 is 2.05. The Morgan fingerprint density at radius 3 is 2.61 bits per heavy atom. The van der Waals surface area contributed by atoms with Crippen LogP contribution in [0.2, 0.25) is 0 Å². The Balaban J connectivity index is 0.00000120. The molecule has 3 heteroatoms. The molecule has 18 heavy (non-hydrogen) atoms. The molecule has 0 aliphatic heterocycles. The van der Waals surface area contributed by atoms with E-state index in [1.165, 1.54) is 16.7 Å². The fraction of sp³-hybridized carbons (Fsp3) is 0.133. The highest BCUT2D eigenvalue weighted by Gasteiger charge is 2.06. The zero-order valence-electron chi connectivity index (χ0n) is 10.4. The summed E-state index contributed by atoms with van der Waals surface area (Å²) in [6.07, 6.45) is 4.10. The predicted octanol–water partition coefficient (Wildman–Crippen LogP) is 0.622. The number of fused-ring (bicyclic) bond motifs is 1. The van der Waals surface area contributed by atoms with Crippen LogP contribution in [0.15, 0.2) is 48.8 Å². The molecule has 0 aliphatic carbocycles. The molecule has 0 N–H and O–H groups in total. The third-order valence-corrected chi connectivity index (χ3v) is 3.02. The Kier molecular flexibility index (Phi) is 3.71. The smallest absolute Gasteiger partial charge is 0.137 e. The summed E-state index contributed by atoms with van der Waals surface area (Å²) in [5.74, 6) is 0. The quantitative estimate of drug-likeness (QED) is 0.589. The second-order valence-electron chi connectivity index (χ2n) is 4.41. The monoisotopic (exact) mass is 349 g/mol. The Labute approximate surface area is 124 Å². The fourth-order valence-corrected chi connectivity index (χ4v) is 2.17. The molecule has 2 heterocycles. The topological polar surface area (TPSA) is 17.3 Å². The molecule has 1 aromatic carbocycles. The molecule has 0 spiro atoms. The van der Waals surface area contributed by atoms with Gasteiger partial charge in [0.05, 0.1) is 5.69 Å². The third-order valence-electron chi connectivity index (χ3n) is 3.02. The van der Waals surface area contributed by atoms with Crippen LogP contribution >= 0.6 is 0 Å². The van der Waals surface area contributed by atoms with Gasteiger partial charge in [-0.25, -0.2) is 4.98 Å². The Hall–Kier alpha value is -1.36. The lowest BCUT2D eigenvalue weighted by atomic mass is 10.0. The molecule has 0 amide bonds. The van der Waals surface area contributed by atoms with E-state index in [2.05, 4.69) is 47.6 Å². The first kappa shape index (κ1) is 13.1. The maximum Gasteiger partial charge on any atom is 0.137 e. The van der Waals surface area contributed by atoms with Crippen LogP contribution in [0.1, 0.15) is 11.1 Å². The van der Waals surface area contributed by atoms with Crippen LogP contribution in [0, 0.1) is 13.8 Å². The van der Waals surface area contributed by atoms with E-state index >= 15 is 0 Å². The van der Waals surface area contributed by atoms with Crippen molar-refractivity contribution in [1.82, 2.24) is 9.38 Å². The second kappa shape index (κ2) is 5.10. The first-order chi connectivity index (χ1) is 8.24. The van der Waals surface area contributed by atoms with Gasteiger partial charge in [-0.05, 0) is 31.5 Å². The van der Waals surface area contributed by atoms with Gasteiger partial charge in [-0.1, -0.05) is 29.8 Å². The lowest BCUT2D eigenvalue weighted by Crippen LogP contribution is -3.00. The number of aromatic nitrogens is 2. The highest BCUT2D eigenvalue weighted by molar-refractivity contribution is 5.66. The molecule has 0 bridgehead atoms. The number of imidazole rings is 1. The highest BCUT2D eigenvalue weighted by Crippen LogP contribution is 2.23. The van der Waals surface area contributed by atoms with Gasteiger partial charge >= 0.3 is 0 Å². The van der Waals surface area contributed by atoms with Gasteiger partial charge < -0.3 is 28.4 Å². The van der Waals surface area contributed by atoms with E-state index in [-0.39, 0.29) is 24.0 Å². The molecule has 0 saturated heterocycles. The van der Waals surface area contributed by atoms with Crippen molar-refractivity contribution in [2.45, 2.75) is 13.8 Å². The molecule has 92 valence electrons. The van der Waals surface area contributed by atoms with E-state index in [4.69, 9.17) is 0 Å². The number of aryl methyl sites for hydroxylation is 2. The van der Waals surface area contributed by atoms with Gasteiger partial charge in [-0.2, -0.15) is 0 Å². The van der Waals surface area contributed by atoms with E-state index in [0.29, 0.717) is 0 Å². The van der Waals surface area contributed by atoms with Crippen molar-refractivity contribution < 1.29 is 24.0 Å². The third kappa shape index (κ3) is 2.27. The summed E-state index contributed by atoms with van der Waals surface area (Å²) in [6, 6.07) is 12.5. The standard InChI is InChI=1S/C15H14N2.HI/c1-11-6-7-13(12(2)9-11)14-10-17-8-4-3-5-15(17)16-14;/h3-10H,1-2H3;1H/p-1. The molecule has 0 aliphatic rings. The van der Waals surface area contributed by atoms with E-state index in [1.807, 2.05) is 24.4 Å². The molecule has 3 rings (SSSR count). The number of nitrogens with zero attached hydrogens (tertiary/aromatic N) is 2. The largest absolute Gasteiger partial charge is 1.00 e. The average Bonchev–Trinajstić information content (AvgIpc) is 2.72. The van der Waals surface area contributed by atoms with Crippen molar-refractivity contribution >= 4 is 5.65 Å². The Morgan fingerprint density at radius 2 is 1.89 bits per heavy atom. The van der Waals surface area contributed by atoms with Crippen molar-refractivity contribution in [2.24, 2.45) is 0 Å². The van der Waals surface area contributed by atoms with Crippen molar-refractivity contribution in [3.05, 3.63) is 59.9 Å². The molecule has 2 nitrogen and oxygen atoms in total. The summed E-state index contributed by atoms with van der Waals surface area (Å²) in [7, 11) is 0. The number of hydrogen-bond acceptors (Lipinski definition) is 1. The highest BCUT2D eigenvalue weighted by atomic mass is 127. The van der Waals surface area contributed by atoms with E-state index < -0.39 is 0 Å². The SMILES string of the molecule is Cc1ccc(-c2cn3ccccc3n2)c(C)c1.[I-]. The molecule has 0 saturated carbocycles. The van der Waals surface area contributed by atoms with Gasteiger partial charge in [-0.3, -0.25) is 0 Å². The van der Waals surface area contributed by atoms with Crippen LogP contribution in [0.25, 0.3) is 16.9 Å². The van der Waals surface area contributed by atoms with Crippen molar-refractivity contribution in [3.63, 3.8) is 0 Å². The molecule has 0 radical (unpaired) electrons. The maximum absolute atomic E-state index is 4.64. The Bertz CT molecular complexity index is 653. The lowest BCUT2D eigenvalue weighted by molar-refractivity contribution is -0.00000361. The molecule has 0 atom stereocenters. The molecular formula is C15H14IN2-. The maximum atomic E-state index is 4.64. The van der Waals surface area contributed by atoms with Crippen LogP contribution in [0.4, 0.5) is 0 Å². The molecular weight excluding hydrogens is 335 g/mol. The average molecular weight is 349 g/mol. The minimum atomic E-state index is 0. The zero-order chi connectivity index (χ0) is 11.8. The van der Waals surface area contributed by atoms with E-state index in [1.54, 1.807) is 0 Å². The summed E-state index contributed by atoms with van der Waals surface area (Å²) in [5.41, 5.74) is 5.79. The van der Waals surface area contributed by atoms with Crippen molar-refractivity contribution in [2.75, 3.05) is 0 Å². The first-order valence-electron chi connectivity index (χ1n) is 5.75. The summed E-state index contributed by atoms with van der Waals surface area (Å²) in [4.78, 5) is 4.64. The predicted molar refractivity (Wildman–Crippen MR) is 70.1 cm³/mol. The lowest BCUT2D eigenvalue weighted by Gasteiger charge is -2.02. The minimum absolute atomic E-state index is 0. The first-order valence-corrected chi connectivity index (χ1v) is 5.75. The molecule has 0 fully saturated rings. The molecule has 2 aromatic heterocycles. The zero-order valence-corrected chi connectivity index (χ0v) is 12.5. The molecule has 0 unspecified atom stereocenters. The van der Waals surface area contributed by atoms with Crippen molar-refractivity contribution in [3.8, 4) is 11.3 Å². The minimum Gasteiger partial charge on any atom is -1.00 e. The van der Waals surface area contributed by atoms with Gasteiger partial charge in [0.1, 0.15) is 5.65 Å². The van der Waals surface area contributed by atoms with Crippen LogP contribution in [0.5, 0.6) is 0 Å². The molecule has 3 aromatic rings.